The first-order valence-corrected chi connectivity index (χ1v) is 4.58. The van der Waals surface area contributed by atoms with E-state index in [-0.39, 0.29) is 11.6 Å². The third-order valence-electron chi connectivity index (χ3n) is 2.11. The first-order chi connectivity index (χ1) is 7.58. The van der Waals surface area contributed by atoms with Gasteiger partial charge in [0.25, 0.3) is 0 Å². The van der Waals surface area contributed by atoms with Gasteiger partial charge in [-0.3, -0.25) is 0 Å². The molecule has 1 aromatic heterocycles. The van der Waals surface area contributed by atoms with E-state index in [1.807, 2.05) is 0 Å². The van der Waals surface area contributed by atoms with Crippen LogP contribution in [-0.2, 0) is 0 Å². The van der Waals surface area contributed by atoms with Crippen molar-refractivity contribution in [2.45, 2.75) is 6.92 Å². The summed E-state index contributed by atoms with van der Waals surface area (Å²) in [6.45, 7) is 1.66. The number of hydrogen-bond acceptors (Lipinski definition) is 4. The first-order valence-electron chi connectivity index (χ1n) is 4.58. The molecule has 82 valence electrons. The summed E-state index contributed by atoms with van der Waals surface area (Å²) in [5.41, 5.74) is 1.18. The molecular weight excluding hydrogens is 210 g/mol. The van der Waals surface area contributed by atoms with Crippen molar-refractivity contribution in [1.29, 1.82) is 0 Å². The Hall–Kier alpha value is -2.30. The monoisotopic (exact) mass is 219 g/mol. The molecule has 2 aromatic rings. The smallest absolute Gasteiger partial charge is 0.392 e. The van der Waals surface area contributed by atoms with Gasteiger partial charge >= 0.3 is 11.9 Å². The Bertz CT molecular complexity index is 527. The van der Waals surface area contributed by atoms with Gasteiger partial charge in [-0.25, -0.2) is 9.78 Å². The lowest BCUT2D eigenvalue weighted by molar-refractivity contribution is 0.0654. The minimum absolute atomic E-state index is 0.138. The topological polar surface area (TPSA) is 83.6 Å². The predicted molar refractivity (Wildman–Crippen MR) is 55.3 cm³/mol. The molecule has 0 saturated carbocycles. The van der Waals surface area contributed by atoms with E-state index in [9.17, 15) is 4.79 Å². The number of aromatic hydroxyl groups is 1. The fraction of sp³-hybridized carbons (Fsp3) is 0.0909. The van der Waals surface area contributed by atoms with Gasteiger partial charge in [0.2, 0.25) is 0 Å². The highest BCUT2D eigenvalue weighted by atomic mass is 16.4. The molecule has 1 heterocycles. The second-order valence-corrected chi connectivity index (χ2v) is 3.29. The minimum atomic E-state index is -1.20. The van der Waals surface area contributed by atoms with Gasteiger partial charge in [-0.1, -0.05) is 0 Å². The van der Waals surface area contributed by atoms with E-state index < -0.39 is 5.97 Å². The molecule has 0 aliphatic heterocycles. The molecule has 2 N–H and O–H groups in total. The molecule has 0 spiro atoms. The molecule has 0 amide bonds. The van der Waals surface area contributed by atoms with Gasteiger partial charge in [-0.15, -0.1) is 0 Å². The number of hydrogen-bond donors (Lipinski definition) is 2. The summed E-state index contributed by atoms with van der Waals surface area (Å²) in [7, 11) is 0. The van der Waals surface area contributed by atoms with Crippen LogP contribution >= 0.6 is 0 Å². The second kappa shape index (κ2) is 3.69. The van der Waals surface area contributed by atoms with Crippen molar-refractivity contribution in [2.75, 3.05) is 0 Å². The number of aromatic nitrogens is 1. The van der Waals surface area contributed by atoms with Gasteiger partial charge in [-0.2, -0.15) is 0 Å². The number of carboxylic acids is 1. The number of aryl methyl sites for hydroxylation is 1. The van der Waals surface area contributed by atoms with Crippen molar-refractivity contribution in [3.8, 4) is 17.1 Å². The van der Waals surface area contributed by atoms with E-state index in [2.05, 4.69) is 4.98 Å². The molecule has 0 unspecified atom stereocenters. The largest absolute Gasteiger partial charge is 0.508 e. The third-order valence-corrected chi connectivity index (χ3v) is 2.11. The van der Waals surface area contributed by atoms with Crippen LogP contribution in [0.1, 0.15) is 16.4 Å². The van der Waals surface area contributed by atoms with Crippen LogP contribution in [0.4, 0.5) is 0 Å². The van der Waals surface area contributed by atoms with Crippen LogP contribution in [0.5, 0.6) is 5.75 Å². The van der Waals surface area contributed by atoms with Crippen LogP contribution in [-0.4, -0.2) is 21.2 Å². The van der Waals surface area contributed by atoms with Crippen molar-refractivity contribution < 1.29 is 19.4 Å². The molecular formula is C11H9NO4. The van der Waals surface area contributed by atoms with Crippen molar-refractivity contribution >= 4 is 5.97 Å². The highest BCUT2D eigenvalue weighted by Gasteiger charge is 2.16. The maximum absolute atomic E-state index is 10.7. The van der Waals surface area contributed by atoms with E-state index in [1.165, 1.54) is 12.1 Å². The standard InChI is InChI=1S/C11H9NO4/c1-6-9(16-10(12-6)11(14)15)7-2-4-8(13)5-3-7/h2-5,13H,1H3,(H,14,15). The van der Waals surface area contributed by atoms with E-state index in [4.69, 9.17) is 14.6 Å². The number of carboxylic acid groups (broad SMARTS) is 1. The molecule has 0 saturated heterocycles. The van der Waals surface area contributed by atoms with Crippen molar-refractivity contribution in [2.24, 2.45) is 0 Å². The summed E-state index contributed by atoms with van der Waals surface area (Å²) in [5, 5.41) is 17.8. The van der Waals surface area contributed by atoms with Crippen molar-refractivity contribution in [3.05, 3.63) is 35.9 Å². The molecule has 5 heteroatoms. The Balaban J connectivity index is 2.47. The molecule has 0 atom stereocenters. The molecule has 0 bridgehead atoms. The summed E-state index contributed by atoms with van der Waals surface area (Å²) in [5.74, 6) is -0.995. The van der Waals surface area contributed by atoms with Crippen LogP contribution in [0.3, 0.4) is 0 Å². The summed E-state index contributed by atoms with van der Waals surface area (Å²) < 4.78 is 5.11. The van der Waals surface area contributed by atoms with Gasteiger partial charge in [-0.05, 0) is 31.2 Å². The number of oxazole rings is 1. The Kier molecular flexibility index (Phi) is 2.36. The Morgan fingerprint density at radius 1 is 1.31 bits per heavy atom. The Morgan fingerprint density at radius 3 is 2.44 bits per heavy atom. The fourth-order valence-corrected chi connectivity index (χ4v) is 1.37. The number of rotatable bonds is 2. The van der Waals surface area contributed by atoms with Crippen molar-refractivity contribution in [1.82, 2.24) is 4.98 Å². The molecule has 5 nitrogen and oxygen atoms in total. The van der Waals surface area contributed by atoms with Crippen LogP contribution < -0.4 is 0 Å². The van der Waals surface area contributed by atoms with E-state index in [0.29, 0.717) is 17.0 Å². The Morgan fingerprint density at radius 2 is 1.94 bits per heavy atom. The number of carbonyl (C=O) groups is 1. The molecule has 0 aliphatic carbocycles. The fourth-order valence-electron chi connectivity index (χ4n) is 1.37. The van der Waals surface area contributed by atoms with E-state index in [1.54, 1.807) is 19.1 Å². The molecule has 0 aliphatic rings. The van der Waals surface area contributed by atoms with Crippen LogP contribution in [0.2, 0.25) is 0 Å². The number of phenolic OH excluding ortho intramolecular Hbond substituents is 1. The van der Waals surface area contributed by atoms with Crippen LogP contribution in [0.15, 0.2) is 28.7 Å². The average Bonchev–Trinajstić information content (AvgIpc) is 2.62. The lowest BCUT2D eigenvalue weighted by Crippen LogP contribution is -1.95. The van der Waals surface area contributed by atoms with Gasteiger partial charge in [0, 0.05) is 5.56 Å². The second-order valence-electron chi connectivity index (χ2n) is 3.29. The zero-order chi connectivity index (χ0) is 11.7. The first kappa shape index (κ1) is 10.2. The van der Waals surface area contributed by atoms with Gasteiger partial charge in [0.15, 0.2) is 5.76 Å². The van der Waals surface area contributed by atoms with Crippen LogP contribution in [0.25, 0.3) is 11.3 Å². The maximum Gasteiger partial charge on any atom is 0.392 e. The third kappa shape index (κ3) is 1.75. The highest BCUT2D eigenvalue weighted by Crippen LogP contribution is 2.25. The number of benzene rings is 1. The highest BCUT2D eigenvalue weighted by molar-refractivity contribution is 5.83. The molecule has 16 heavy (non-hydrogen) atoms. The van der Waals surface area contributed by atoms with E-state index >= 15 is 0 Å². The van der Waals surface area contributed by atoms with Gasteiger partial charge < -0.3 is 14.6 Å². The zero-order valence-electron chi connectivity index (χ0n) is 8.47. The summed E-state index contributed by atoms with van der Waals surface area (Å²) in [4.78, 5) is 14.4. The number of phenols is 1. The molecule has 1 aromatic carbocycles. The minimum Gasteiger partial charge on any atom is -0.508 e. The molecule has 2 rings (SSSR count). The SMILES string of the molecule is Cc1nc(C(=O)O)oc1-c1ccc(O)cc1. The normalized spacial score (nSPS) is 10.3. The average molecular weight is 219 g/mol. The van der Waals surface area contributed by atoms with E-state index in [0.717, 1.165) is 0 Å². The lowest BCUT2D eigenvalue weighted by atomic mass is 10.1. The lowest BCUT2D eigenvalue weighted by Gasteiger charge is -1.97. The summed E-state index contributed by atoms with van der Waals surface area (Å²) in [6.07, 6.45) is 0. The Labute approximate surface area is 91.0 Å². The summed E-state index contributed by atoms with van der Waals surface area (Å²) in [6, 6.07) is 6.26. The van der Waals surface area contributed by atoms with Gasteiger partial charge in [0.1, 0.15) is 5.75 Å². The maximum atomic E-state index is 10.7. The predicted octanol–water partition coefficient (Wildman–Crippen LogP) is 2.05. The zero-order valence-corrected chi connectivity index (χ0v) is 8.47. The molecule has 0 fully saturated rings. The van der Waals surface area contributed by atoms with Crippen molar-refractivity contribution in [3.63, 3.8) is 0 Å². The summed E-state index contributed by atoms with van der Waals surface area (Å²) >= 11 is 0. The molecule has 0 radical (unpaired) electrons. The van der Waals surface area contributed by atoms with Crippen LogP contribution in [0, 0.1) is 6.92 Å². The number of nitrogens with zero attached hydrogens (tertiary/aromatic N) is 1. The van der Waals surface area contributed by atoms with Gasteiger partial charge in [0.05, 0.1) is 5.69 Å². The quantitative estimate of drug-likeness (QED) is 0.807. The number of aromatic carboxylic acids is 1.